The zero-order chi connectivity index (χ0) is 17.4. The second-order valence-corrected chi connectivity index (χ2v) is 6.62. The monoisotopic (exact) mass is 355 g/mol. The molecule has 1 aliphatic heterocycles. The van der Waals surface area contributed by atoms with Gasteiger partial charge in [-0.15, -0.1) is 0 Å². The van der Waals surface area contributed by atoms with Crippen molar-refractivity contribution in [3.8, 4) is 0 Å². The molecule has 1 atom stereocenters. The number of nitrogens with one attached hydrogen (secondary N) is 1. The molecule has 0 aliphatic carbocycles. The standard InChI is InChI=1S/C19H18ClN3O2/c1-12-21-16-4-2-3-15(18(16)22-12)19(24)23-9-10-25-17(11-23)13-5-7-14(20)8-6-13/h2-8,17H,9-11H2,1H3,(H,21,22). The van der Waals surface area contributed by atoms with Gasteiger partial charge in [0.15, 0.2) is 0 Å². The predicted octanol–water partition coefficient (Wildman–Crippen LogP) is 3.74. The van der Waals surface area contributed by atoms with Crippen molar-refractivity contribution in [1.29, 1.82) is 0 Å². The van der Waals surface area contributed by atoms with Crippen LogP contribution < -0.4 is 0 Å². The quantitative estimate of drug-likeness (QED) is 0.761. The average Bonchev–Trinajstić information content (AvgIpc) is 3.02. The topological polar surface area (TPSA) is 58.2 Å². The summed E-state index contributed by atoms with van der Waals surface area (Å²) in [4.78, 5) is 22.5. The molecule has 0 bridgehead atoms. The number of para-hydroxylation sites is 1. The maximum absolute atomic E-state index is 13.0. The number of H-pyrrole nitrogens is 1. The molecule has 1 saturated heterocycles. The number of hydrogen-bond acceptors (Lipinski definition) is 3. The minimum absolute atomic E-state index is 0.0145. The Morgan fingerprint density at radius 3 is 2.88 bits per heavy atom. The second-order valence-electron chi connectivity index (χ2n) is 6.19. The van der Waals surface area contributed by atoms with Gasteiger partial charge in [0, 0.05) is 11.6 Å². The fourth-order valence-electron chi connectivity index (χ4n) is 3.21. The number of aromatic nitrogens is 2. The van der Waals surface area contributed by atoms with Crippen LogP contribution in [0.5, 0.6) is 0 Å². The summed E-state index contributed by atoms with van der Waals surface area (Å²) in [5, 5.41) is 0.688. The fraction of sp³-hybridized carbons (Fsp3) is 0.263. The summed E-state index contributed by atoms with van der Waals surface area (Å²) in [6, 6.07) is 13.2. The normalized spacial score (nSPS) is 17.8. The summed E-state index contributed by atoms with van der Waals surface area (Å²) in [7, 11) is 0. The number of carbonyl (C=O) groups excluding carboxylic acids is 1. The smallest absolute Gasteiger partial charge is 0.256 e. The highest BCUT2D eigenvalue weighted by Gasteiger charge is 2.27. The molecule has 1 fully saturated rings. The number of aromatic amines is 1. The highest BCUT2D eigenvalue weighted by Crippen LogP contribution is 2.26. The van der Waals surface area contributed by atoms with Gasteiger partial charge < -0.3 is 14.6 Å². The zero-order valence-electron chi connectivity index (χ0n) is 13.8. The Balaban J connectivity index is 1.60. The molecule has 0 radical (unpaired) electrons. The van der Waals surface area contributed by atoms with Crippen molar-refractivity contribution in [2.45, 2.75) is 13.0 Å². The molecular weight excluding hydrogens is 338 g/mol. The Morgan fingerprint density at radius 1 is 1.28 bits per heavy atom. The largest absolute Gasteiger partial charge is 0.370 e. The molecule has 6 heteroatoms. The summed E-state index contributed by atoms with van der Waals surface area (Å²) in [6.07, 6.45) is -0.143. The van der Waals surface area contributed by atoms with E-state index in [9.17, 15) is 4.79 Å². The molecule has 3 aromatic rings. The van der Waals surface area contributed by atoms with E-state index in [4.69, 9.17) is 16.3 Å². The zero-order valence-corrected chi connectivity index (χ0v) is 14.6. The molecule has 1 aliphatic rings. The summed E-state index contributed by atoms with van der Waals surface area (Å²) in [5.74, 6) is 0.788. The van der Waals surface area contributed by atoms with Crippen LogP contribution in [0.2, 0.25) is 5.02 Å². The van der Waals surface area contributed by atoms with E-state index in [1.165, 1.54) is 0 Å². The van der Waals surface area contributed by atoms with E-state index in [1.807, 2.05) is 54.3 Å². The molecule has 1 N–H and O–H groups in total. The number of halogens is 1. The number of imidazole rings is 1. The third kappa shape index (κ3) is 3.13. The van der Waals surface area contributed by atoms with E-state index in [-0.39, 0.29) is 12.0 Å². The van der Waals surface area contributed by atoms with Gasteiger partial charge in [0.05, 0.1) is 24.2 Å². The molecule has 1 aromatic heterocycles. The van der Waals surface area contributed by atoms with E-state index in [0.29, 0.717) is 30.3 Å². The highest BCUT2D eigenvalue weighted by atomic mass is 35.5. The van der Waals surface area contributed by atoms with Crippen LogP contribution in [0.4, 0.5) is 0 Å². The SMILES string of the molecule is Cc1nc2c(C(=O)N3CCOC(c4ccc(Cl)cc4)C3)cccc2[nH]1. The van der Waals surface area contributed by atoms with Crippen molar-refractivity contribution in [2.24, 2.45) is 0 Å². The molecule has 2 heterocycles. The first kappa shape index (κ1) is 16.1. The van der Waals surface area contributed by atoms with Gasteiger partial charge in [0.1, 0.15) is 17.4 Å². The van der Waals surface area contributed by atoms with E-state index in [1.54, 1.807) is 0 Å². The third-order valence-corrected chi connectivity index (χ3v) is 4.71. The van der Waals surface area contributed by atoms with Crippen molar-refractivity contribution < 1.29 is 9.53 Å². The number of fused-ring (bicyclic) bond motifs is 1. The number of carbonyl (C=O) groups is 1. The van der Waals surface area contributed by atoms with Crippen LogP contribution in [0.1, 0.15) is 27.8 Å². The summed E-state index contributed by atoms with van der Waals surface area (Å²) in [6.45, 7) is 3.48. The molecule has 2 aromatic carbocycles. The Morgan fingerprint density at radius 2 is 2.08 bits per heavy atom. The molecule has 5 nitrogen and oxygen atoms in total. The second kappa shape index (κ2) is 6.50. The van der Waals surface area contributed by atoms with Crippen LogP contribution in [-0.2, 0) is 4.74 Å². The van der Waals surface area contributed by atoms with E-state index < -0.39 is 0 Å². The molecule has 1 amide bonds. The lowest BCUT2D eigenvalue weighted by Gasteiger charge is -2.33. The molecule has 25 heavy (non-hydrogen) atoms. The lowest BCUT2D eigenvalue weighted by atomic mass is 10.1. The Labute approximate surface area is 150 Å². The van der Waals surface area contributed by atoms with Gasteiger partial charge in [-0.05, 0) is 36.8 Å². The summed E-state index contributed by atoms with van der Waals surface area (Å²) < 4.78 is 5.85. The van der Waals surface area contributed by atoms with Crippen molar-refractivity contribution in [1.82, 2.24) is 14.9 Å². The number of morpholine rings is 1. The predicted molar refractivity (Wildman–Crippen MR) is 96.9 cm³/mol. The first-order valence-electron chi connectivity index (χ1n) is 8.23. The first-order valence-corrected chi connectivity index (χ1v) is 8.61. The van der Waals surface area contributed by atoms with Gasteiger partial charge in [-0.2, -0.15) is 0 Å². The summed E-state index contributed by atoms with van der Waals surface area (Å²) >= 11 is 5.95. The lowest BCUT2D eigenvalue weighted by Crippen LogP contribution is -2.42. The Hall–Kier alpha value is -2.37. The Bertz CT molecular complexity index is 920. The lowest BCUT2D eigenvalue weighted by molar-refractivity contribution is -0.0227. The van der Waals surface area contributed by atoms with Crippen LogP contribution in [-0.4, -0.2) is 40.5 Å². The number of nitrogens with zero attached hydrogens (tertiary/aromatic N) is 2. The molecule has 0 spiro atoms. The Kier molecular flexibility index (Phi) is 4.19. The minimum atomic E-state index is -0.143. The maximum Gasteiger partial charge on any atom is 0.256 e. The third-order valence-electron chi connectivity index (χ3n) is 4.46. The van der Waals surface area contributed by atoms with E-state index in [2.05, 4.69) is 9.97 Å². The van der Waals surface area contributed by atoms with Gasteiger partial charge in [-0.3, -0.25) is 4.79 Å². The van der Waals surface area contributed by atoms with Gasteiger partial charge >= 0.3 is 0 Å². The van der Waals surface area contributed by atoms with Crippen LogP contribution in [0, 0.1) is 6.92 Å². The molecular formula is C19H18ClN3O2. The van der Waals surface area contributed by atoms with E-state index in [0.717, 1.165) is 22.4 Å². The minimum Gasteiger partial charge on any atom is -0.370 e. The number of amides is 1. The van der Waals surface area contributed by atoms with Crippen molar-refractivity contribution in [2.75, 3.05) is 19.7 Å². The summed E-state index contributed by atoms with van der Waals surface area (Å²) in [5.41, 5.74) is 3.25. The van der Waals surface area contributed by atoms with Crippen molar-refractivity contribution in [3.05, 3.63) is 64.4 Å². The number of ether oxygens (including phenoxy) is 1. The van der Waals surface area contributed by atoms with Crippen LogP contribution in [0.25, 0.3) is 11.0 Å². The van der Waals surface area contributed by atoms with Gasteiger partial charge in [0.2, 0.25) is 0 Å². The number of benzene rings is 2. The molecule has 4 rings (SSSR count). The van der Waals surface area contributed by atoms with Crippen molar-refractivity contribution in [3.63, 3.8) is 0 Å². The number of hydrogen-bond donors (Lipinski definition) is 1. The van der Waals surface area contributed by atoms with Crippen LogP contribution in [0.3, 0.4) is 0 Å². The number of aryl methyl sites for hydroxylation is 1. The van der Waals surface area contributed by atoms with Crippen LogP contribution >= 0.6 is 11.6 Å². The van der Waals surface area contributed by atoms with Crippen molar-refractivity contribution >= 4 is 28.5 Å². The van der Waals surface area contributed by atoms with Crippen LogP contribution in [0.15, 0.2) is 42.5 Å². The van der Waals surface area contributed by atoms with Gasteiger partial charge in [-0.1, -0.05) is 29.8 Å². The number of rotatable bonds is 2. The molecule has 128 valence electrons. The molecule has 0 saturated carbocycles. The highest BCUT2D eigenvalue weighted by molar-refractivity contribution is 6.30. The fourth-order valence-corrected chi connectivity index (χ4v) is 3.34. The maximum atomic E-state index is 13.0. The van der Waals surface area contributed by atoms with Gasteiger partial charge in [0.25, 0.3) is 5.91 Å². The van der Waals surface area contributed by atoms with Gasteiger partial charge in [-0.25, -0.2) is 4.98 Å². The first-order chi connectivity index (χ1) is 12.1. The average molecular weight is 356 g/mol. The molecule has 1 unspecified atom stereocenters. The van der Waals surface area contributed by atoms with E-state index >= 15 is 0 Å².